The molecular weight excluding hydrogens is 466 g/mol. The summed E-state index contributed by atoms with van der Waals surface area (Å²) in [7, 11) is 0. The Labute approximate surface area is 195 Å². The first-order chi connectivity index (χ1) is 15.5. The van der Waals surface area contributed by atoms with E-state index in [0.717, 1.165) is 27.2 Å². The van der Waals surface area contributed by atoms with Gasteiger partial charge in [-0.15, -0.1) is 0 Å². The smallest absolute Gasteiger partial charge is 0.282 e. The van der Waals surface area contributed by atoms with Crippen LogP contribution in [0.25, 0.3) is 21.7 Å². The molecule has 0 aliphatic carbocycles. The lowest BCUT2D eigenvalue weighted by atomic mass is 10.0. The summed E-state index contributed by atoms with van der Waals surface area (Å²) in [4.78, 5) is 18.2. The number of hydrogen-bond acceptors (Lipinski definition) is 4. The van der Waals surface area contributed by atoms with E-state index in [1.807, 2.05) is 48.5 Å². The van der Waals surface area contributed by atoms with Gasteiger partial charge in [-0.3, -0.25) is 4.79 Å². The van der Waals surface area contributed by atoms with Crippen molar-refractivity contribution < 1.29 is 4.74 Å². The highest BCUT2D eigenvalue weighted by Crippen LogP contribution is 2.27. The fourth-order valence-corrected chi connectivity index (χ4v) is 3.94. The predicted molar refractivity (Wildman–Crippen MR) is 135 cm³/mol. The average Bonchev–Trinajstić information content (AvgIpc) is 2.82. The molecule has 0 bridgehead atoms. The van der Waals surface area contributed by atoms with Crippen LogP contribution >= 0.6 is 15.9 Å². The summed E-state index contributed by atoms with van der Waals surface area (Å²) in [5.74, 6) is 1.39. The van der Waals surface area contributed by atoms with Gasteiger partial charge in [-0.05, 0) is 41.5 Å². The first-order valence-electron chi connectivity index (χ1n) is 10.6. The minimum absolute atomic E-state index is 0.0666. The molecule has 6 heteroatoms. The highest BCUT2D eigenvalue weighted by atomic mass is 79.9. The highest BCUT2D eigenvalue weighted by Gasteiger charge is 2.16. The van der Waals surface area contributed by atoms with E-state index in [0.29, 0.717) is 29.1 Å². The fraction of sp³-hybridized carbons (Fsp3) is 0.192. The molecule has 0 fully saturated rings. The van der Waals surface area contributed by atoms with Gasteiger partial charge in [0.25, 0.3) is 5.56 Å². The average molecular weight is 490 g/mol. The minimum Gasteiger partial charge on any atom is -0.489 e. The van der Waals surface area contributed by atoms with Crippen molar-refractivity contribution in [3.05, 3.63) is 93.5 Å². The zero-order valence-electron chi connectivity index (χ0n) is 18.1. The molecule has 1 atom stereocenters. The molecule has 5 nitrogen and oxygen atoms in total. The van der Waals surface area contributed by atoms with Crippen molar-refractivity contribution in [3.63, 3.8) is 0 Å². The standard InChI is InChI=1S/C26H24BrN3O2/c1-4-14-32-24-13-10-18-8-6-7-9-20(18)22(24)16-28-30-25(17(3)5-2)29-23-12-11-19(27)15-21(23)26(30)31/h4,6-13,15-17H,1,5,14H2,2-3H3/t17-/m0/s1. The number of fused-ring (bicyclic) bond motifs is 2. The van der Waals surface area contributed by atoms with Crippen molar-refractivity contribution in [2.24, 2.45) is 5.10 Å². The van der Waals surface area contributed by atoms with E-state index >= 15 is 0 Å². The van der Waals surface area contributed by atoms with Gasteiger partial charge in [0.2, 0.25) is 0 Å². The summed E-state index contributed by atoms with van der Waals surface area (Å²) in [6.45, 7) is 8.23. The van der Waals surface area contributed by atoms with Gasteiger partial charge in [0.15, 0.2) is 0 Å². The van der Waals surface area contributed by atoms with Crippen LogP contribution in [-0.4, -0.2) is 22.5 Å². The maximum absolute atomic E-state index is 13.4. The van der Waals surface area contributed by atoms with Crippen LogP contribution in [0.1, 0.15) is 37.6 Å². The summed E-state index contributed by atoms with van der Waals surface area (Å²) in [5.41, 5.74) is 1.28. The number of rotatable bonds is 7. The maximum atomic E-state index is 13.4. The second kappa shape index (κ2) is 9.49. The number of hydrogen-bond donors (Lipinski definition) is 0. The van der Waals surface area contributed by atoms with Gasteiger partial charge >= 0.3 is 0 Å². The van der Waals surface area contributed by atoms with Crippen LogP contribution in [-0.2, 0) is 0 Å². The SMILES string of the molecule is C=CCOc1ccc2ccccc2c1C=Nn1c([C@@H](C)CC)nc2ccc(Br)cc2c1=O. The summed E-state index contributed by atoms with van der Waals surface area (Å²) in [6, 6.07) is 17.5. The van der Waals surface area contributed by atoms with E-state index in [1.165, 1.54) is 4.68 Å². The van der Waals surface area contributed by atoms with Crippen molar-refractivity contribution in [3.8, 4) is 5.75 Å². The molecule has 0 saturated carbocycles. The Morgan fingerprint density at radius 2 is 2.00 bits per heavy atom. The molecule has 0 radical (unpaired) electrons. The number of nitrogens with zero attached hydrogens (tertiary/aromatic N) is 3. The third kappa shape index (κ3) is 4.23. The molecule has 0 saturated heterocycles. The van der Waals surface area contributed by atoms with E-state index < -0.39 is 0 Å². The van der Waals surface area contributed by atoms with E-state index in [9.17, 15) is 4.79 Å². The van der Waals surface area contributed by atoms with Crippen molar-refractivity contribution in [2.45, 2.75) is 26.2 Å². The Balaban J connectivity index is 1.94. The van der Waals surface area contributed by atoms with E-state index in [4.69, 9.17) is 9.72 Å². The molecule has 0 unspecified atom stereocenters. The molecule has 0 spiro atoms. The lowest BCUT2D eigenvalue weighted by molar-refractivity contribution is 0.363. The number of halogens is 1. The van der Waals surface area contributed by atoms with Gasteiger partial charge in [0, 0.05) is 16.0 Å². The highest BCUT2D eigenvalue weighted by molar-refractivity contribution is 9.10. The molecule has 4 aromatic rings. The monoisotopic (exact) mass is 489 g/mol. The molecule has 0 N–H and O–H groups in total. The maximum Gasteiger partial charge on any atom is 0.282 e. The third-order valence-corrected chi connectivity index (χ3v) is 5.97. The van der Waals surface area contributed by atoms with Crippen LogP contribution in [0.4, 0.5) is 0 Å². The largest absolute Gasteiger partial charge is 0.489 e. The Kier molecular flexibility index (Phi) is 6.51. The van der Waals surface area contributed by atoms with E-state index in [-0.39, 0.29) is 11.5 Å². The normalized spacial score (nSPS) is 12.5. The van der Waals surface area contributed by atoms with Gasteiger partial charge in [-0.1, -0.05) is 72.8 Å². The molecule has 32 heavy (non-hydrogen) atoms. The van der Waals surface area contributed by atoms with Crippen LogP contribution < -0.4 is 10.3 Å². The second-order valence-corrected chi connectivity index (χ2v) is 8.52. The Hall–Kier alpha value is -3.25. The zero-order chi connectivity index (χ0) is 22.7. The third-order valence-electron chi connectivity index (χ3n) is 5.48. The first kappa shape index (κ1) is 22.0. The number of benzene rings is 3. The molecule has 4 rings (SSSR count). The van der Waals surface area contributed by atoms with Gasteiger partial charge in [-0.25, -0.2) is 4.98 Å². The van der Waals surface area contributed by atoms with Crippen LogP contribution in [0.15, 0.2) is 81.6 Å². The molecule has 0 aliphatic heterocycles. The molecular formula is C26H24BrN3O2. The second-order valence-electron chi connectivity index (χ2n) is 7.60. The fourth-order valence-electron chi connectivity index (χ4n) is 3.58. The van der Waals surface area contributed by atoms with Gasteiger partial charge in [0.1, 0.15) is 18.2 Å². The molecule has 0 aliphatic rings. The Bertz CT molecular complexity index is 1390. The summed E-state index contributed by atoms with van der Waals surface area (Å²) in [6.07, 6.45) is 4.23. The summed E-state index contributed by atoms with van der Waals surface area (Å²) >= 11 is 3.45. The number of ether oxygens (including phenoxy) is 1. The van der Waals surface area contributed by atoms with Crippen molar-refractivity contribution in [1.82, 2.24) is 9.66 Å². The van der Waals surface area contributed by atoms with Crippen LogP contribution in [0.2, 0.25) is 0 Å². The molecule has 0 amide bonds. The molecule has 162 valence electrons. The lowest BCUT2D eigenvalue weighted by Gasteiger charge is -2.14. The van der Waals surface area contributed by atoms with Crippen molar-refractivity contribution in [2.75, 3.05) is 6.61 Å². The quantitative estimate of drug-likeness (QED) is 0.227. The van der Waals surface area contributed by atoms with Crippen LogP contribution in [0.5, 0.6) is 5.75 Å². The van der Waals surface area contributed by atoms with Crippen molar-refractivity contribution >= 4 is 43.8 Å². The van der Waals surface area contributed by atoms with Gasteiger partial charge in [0.05, 0.1) is 17.1 Å². The Morgan fingerprint density at radius 1 is 1.19 bits per heavy atom. The molecule has 1 heterocycles. The van der Waals surface area contributed by atoms with Crippen molar-refractivity contribution in [1.29, 1.82) is 0 Å². The van der Waals surface area contributed by atoms with Gasteiger partial charge in [-0.2, -0.15) is 9.78 Å². The topological polar surface area (TPSA) is 56.5 Å². The summed E-state index contributed by atoms with van der Waals surface area (Å²) < 4.78 is 8.12. The predicted octanol–water partition coefficient (Wildman–Crippen LogP) is 6.27. The van der Waals surface area contributed by atoms with Crippen LogP contribution in [0.3, 0.4) is 0 Å². The summed E-state index contributed by atoms with van der Waals surface area (Å²) in [5, 5.41) is 7.22. The Morgan fingerprint density at radius 3 is 2.78 bits per heavy atom. The zero-order valence-corrected chi connectivity index (χ0v) is 19.7. The van der Waals surface area contributed by atoms with E-state index in [2.05, 4.69) is 41.5 Å². The molecule has 3 aromatic carbocycles. The molecule has 1 aromatic heterocycles. The van der Waals surface area contributed by atoms with Crippen LogP contribution in [0, 0.1) is 0 Å². The first-order valence-corrected chi connectivity index (χ1v) is 11.3. The van der Waals surface area contributed by atoms with Gasteiger partial charge < -0.3 is 4.74 Å². The van der Waals surface area contributed by atoms with E-state index in [1.54, 1.807) is 18.4 Å². The lowest BCUT2D eigenvalue weighted by Crippen LogP contribution is -2.23. The minimum atomic E-state index is -0.198. The number of aromatic nitrogens is 2.